The van der Waals surface area contributed by atoms with Crippen molar-refractivity contribution in [2.24, 2.45) is 0 Å². The van der Waals surface area contributed by atoms with Crippen molar-refractivity contribution in [1.29, 1.82) is 0 Å². The van der Waals surface area contributed by atoms with Gasteiger partial charge in [-0.3, -0.25) is 4.79 Å². The smallest absolute Gasteiger partial charge is 0.333 e. The molecule has 0 spiro atoms. The summed E-state index contributed by atoms with van der Waals surface area (Å²) in [6.07, 6.45) is -0.149. The molecule has 118 valence electrons. The highest BCUT2D eigenvalue weighted by atomic mass is 16.7. The third-order valence-corrected chi connectivity index (χ3v) is 2.98. The highest BCUT2D eigenvalue weighted by molar-refractivity contribution is 6.08. The third-order valence-electron chi connectivity index (χ3n) is 2.98. The second kappa shape index (κ2) is 7.91. The quantitative estimate of drug-likeness (QED) is 0.368. The average molecular weight is 312 g/mol. The van der Waals surface area contributed by atoms with Gasteiger partial charge in [0.2, 0.25) is 0 Å². The number of carbonyl (C=O) groups is 2. The molecule has 0 aromatic heterocycles. The van der Waals surface area contributed by atoms with E-state index in [9.17, 15) is 9.59 Å². The van der Waals surface area contributed by atoms with Gasteiger partial charge in [0.1, 0.15) is 12.4 Å². The Morgan fingerprint density at radius 2 is 1.65 bits per heavy atom. The van der Waals surface area contributed by atoms with Crippen molar-refractivity contribution in [3.63, 3.8) is 0 Å². The Balaban J connectivity index is 2.05. The molecule has 1 atom stereocenters. The Morgan fingerprint density at radius 1 is 1.04 bits per heavy atom. The van der Waals surface area contributed by atoms with Crippen molar-refractivity contribution in [2.75, 3.05) is 6.61 Å². The van der Waals surface area contributed by atoms with E-state index in [0.717, 1.165) is 6.08 Å². The summed E-state index contributed by atoms with van der Waals surface area (Å²) in [5.41, 5.74) is 1.10. The lowest BCUT2D eigenvalue weighted by Gasteiger charge is -2.16. The maximum atomic E-state index is 12.3. The number of ketones is 1. The number of hydrogen-bond acceptors (Lipinski definition) is 5. The molecule has 5 heteroatoms. The van der Waals surface area contributed by atoms with E-state index < -0.39 is 18.9 Å². The van der Waals surface area contributed by atoms with Crippen molar-refractivity contribution >= 4 is 11.8 Å². The number of benzene rings is 2. The Bertz CT molecular complexity index is 676. The molecular weight excluding hydrogens is 296 g/mol. The molecule has 2 aromatic carbocycles. The Hall–Kier alpha value is -2.92. The second-order valence-corrected chi connectivity index (χ2v) is 4.59. The molecule has 0 aliphatic carbocycles. The first-order valence-corrected chi connectivity index (χ1v) is 6.94. The van der Waals surface area contributed by atoms with E-state index in [2.05, 4.69) is 6.58 Å². The van der Waals surface area contributed by atoms with Crippen LogP contribution in [-0.2, 0) is 9.53 Å². The highest BCUT2D eigenvalue weighted by Gasteiger charge is 2.14. The number of aliphatic hydroxyl groups excluding tert-OH is 1. The van der Waals surface area contributed by atoms with Gasteiger partial charge in [-0.05, 0) is 24.3 Å². The summed E-state index contributed by atoms with van der Waals surface area (Å²) >= 11 is 0. The number of carbonyl (C=O) groups excluding carboxylic acids is 2. The minimum atomic E-state index is -1.13. The minimum absolute atomic E-state index is 0.103. The fourth-order valence-corrected chi connectivity index (χ4v) is 1.87. The lowest BCUT2D eigenvalue weighted by atomic mass is 10.0. The van der Waals surface area contributed by atoms with Gasteiger partial charge in [0.15, 0.2) is 5.78 Å². The number of ether oxygens (including phenoxy) is 2. The van der Waals surface area contributed by atoms with Gasteiger partial charge in [-0.25, -0.2) is 4.79 Å². The molecule has 0 aliphatic heterocycles. The Kier molecular flexibility index (Phi) is 5.66. The summed E-state index contributed by atoms with van der Waals surface area (Å²) in [6.45, 7) is 2.77. The summed E-state index contributed by atoms with van der Waals surface area (Å²) in [6, 6.07) is 15.3. The molecule has 0 saturated heterocycles. The maximum absolute atomic E-state index is 12.3. The first kappa shape index (κ1) is 16.5. The normalized spacial score (nSPS) is 11.3. The van der Waals surface area contributed by atoms with Crippen LogP contribution in [0.1, 0.15) is 15.9 Å². The number of aliphatic hydroxyl groups is 1. The van der Waals surface area contributed by atoms with E-state index in [-0.39, 0.29) is 5.78 Å². The van der Waals surface area contributed by atoms with Gasteiger partial charge >= 0.3 is 5.97 Å². The first-order chi connectivity index (χ1) is 11.1. The van der Waals surface area contributed by atoms with Crippen LogP contribution in [0.4, 0.5) is 0 Å². The van der Waals surface area contributed by atoms with E-state index in [4.69, 9.17) is 14.6 Å². The van der Waals surface area contributed by atoms with Crippen molar-refractivity contribution in [3.8, 4) is 5.75 Å². The molecule has 23 heavy (non-hydrogen) atoms. The molecule has 0 bridgehead atoms. The van der Waals surface area contributed by atoms with Crippen LogP contribution in [0.2, 0.25) is 0 Å². The van der Waals surface area contributed by atoms with Gasteiger partial charge < -0.3 is 14.6 Å². The van der Waals surface area contributed by atoms with E-state index in [0.29, 0.717) is 16.9 Å². The van der Waals surface area contributed by atoms with Gasteiger partial charge in [-0.1, -0.05) is 36.9 Å². The summed E-state index contributed by atoms with van der Waals surface area (Å²) in [5.74, 6) is -0.431. The van der Waals surface area contributed by atoms with Crippen LogP contribution >= 0.6 is 0 Å². The molecule has 2 rings (SSSR count). The van der Waals surface area contributed by atoms with Crippen molar-refractivity contribution in [3.05, 3.63) is 78.4 Å². The van der Waals surface area contributed by atoms with Crippen LogP contribution in [0.15, 0.2) is 67.3 Å². The molecule has 0 radical (unpaired) electrons. The zero-order valence-corrected chi connectivity index (χ0v) is 12.3. The van der Waals surface area contributed by atoms with Gasteiger partial charge in [-0.2, -0.15) is 0 Å². The number of hydrogen-bond donors (Lipinski definition) is 1. The fraction of sp³-hybridized carbons (Fsp3) is 0.111. The van der Waals surface area contributed by atoms with E-state index >= 15 is 0 Å². The lowest BCUT2D eigenvalue weighted by Crippen LogP contribution is -2.27. The zero-order chi connectivity index (χ0) is 16.7. The number of rotatable bonds is 7. The molecule has 0 amide bonds. The van der Waals surface area contributed by atoms with Crippen LogP contribution < -0.4 is 4.74 Å². The lowest BCUT2D eigenvalue weighted by molar-refractivity contribution is -0.162. The zero-order valence-electron chi connectivity index (χ0n) is 12.3. The first-order valence-electron chi connectivity index (χ1n) is 6.94. The summed E-state index contributed by atoms with van der Waals surface area (Å²) in [7, 11) is 0. The second-order valence-electron chi connectivity index (χ2n) is 4.59. The van der Waals surface area contributed by atoms with Crippen LogP contribution in [0.25, 0.3) is 0 Å². The van der Waals surface area contributed by atoms with Crippen molar-refractivity contribution in [2.45, 2.75) is 6.29 Å². The fourth-order valence-electron chi connectivity index (χ4n) is 1.87. The van der Waals surface area contributed by atoms with Crippen molar-refractivity contribution in [1.82, 2.24) is 0 Å². The van der Waals surface area contributed by atoms with Gasteiger partial charge in [0, 0.05) is 17.2 Å². The summed E-state index contributed by atoms with van der Waals surface area (Å²) in [5, 5.41) is 9.13. The van der Waals surface area contributed by atoms with Gasteiger partial charge in [-0.15, -0.1) is 0 Å². The predicted molar refractivity (Wildman–Crippen MR) is 84.1 cm³/mol. The third kappa shape index (κ3) is 4.52. The van der Waals surface area contributed by atoms with E-state index in [1.807, 2.05) is 6.07 Å². The van der Waals surface area contributed by atoms with Crippen LogP contribution in [-0.4, -0.2) is 29.8 Å². The SMILES string of the molecule is C=CC(=O)OC(CO)Oc1ccc(C(=O)c2ccccc2)cc1. The van der Waals surface area contributed by atoms with E-state index in [1.165, 1.54) is 0 Å². The van der Waals surface area contributed by atoms with E-state index in [1.54, 1.807) is 48.5 Å². The average Bonchev–Trinajstić information content (AvgIpc) is 2.61. The van der Waals surface area contributed by atoms with Gasteiger partial charge in [0.25, 0.3) is 6.29 Å². The predicted octanol–water partition coefficient (Wildman–Crippen LogP) is 2.34. The molecule has 0 saturated carbocycles. The molecule has 1 unspecified atom stereocenters. The highest BCUT2D eigenvalue weighted by Crippen LogP contribution is 2.17. The van der Waals surface area contributed by atoms with Gasteiger partial charge in [0.05, 0.1) is 0 Å². The summed E-state index contributed by atoms with van der Waals surface area (Å²) in [4.78, 5) is 23.4. The van der Waals surface area contributed by atoms with Crippen LogP contribution in [0.3, 0.4) is 0 Å². The molecule has 0 fully saturated rings. The van der Waals surface area contributed by atoms with Crippen molar-refractivity contribution < 1.29 is 24.2 Å². The molecular formula is C18H16O5. The standard InChI is InChI=1S/C18H16O5/c1-2-16(20)23-17(12-19)22-15-10-8-14(9-11-15)18(21)13-6-4-3-5-7-13/h2-11,17,19H,1,12H2. The summed E-state index contributed by atoms with van der Waals surface area (Å²) < 4.78 is 10.1. The van der Waals surface area contributed by atoms with Crippen LogP contribution in [0, 0.1) is 0 Å². The Morgan fingerprint density at radius 3 is 2.22 bits per heavy atom. The topological polar surface area (TPSA) is 72.8 Å². The molecule has 2 aromatic rings. The molecule has 0 heterocycles. The molecule has 5 nitrogen and oxygen atoms in total. The minimum Gasteiger partial charge on any atom is -0.452 e. The van der Waals surface area contributed by atoms with Crippen LogP contribution in [0.5, 0.6) is 5.75 Å². The maximum Gasteiger partial charge on any atom is 0.333 e. The number of esters is 1. The Labute approximate surface area is 133 Å². The largest absolute Gasteiger partial charge is 0.452 e. The monoisotopic (exact) mass is 312 g/mol. The molecule has 1 N–H and O–H groups in total. The molecule has 0 aliphatic rings.